The summed E-state index contributed by atoms with van der Waals surface area (Å²) >= 11 is 5.82. The Hall–Kier alpha value is -1.93. The van der Waals surface area contributed by atoms with Gasteiger partial charge in [0.15, 0.2) is 0 Å². The average molecular weight is 240 g/mol. The van der Waals surface area contributed by atoms with Crippen LogP contribution in [0.25, 0.3) is 22.0 Å². The number of aromatic nitrogens is 2. The molecule has 1 aromatic heterocycles. The minimum absolute atomic E-state index is 0.223. The summed E-state index contributed by atoms with van der Waals surface area (Å²) in [4.78, 5) is 8.15. The van der Waals surface area contributed by atoms with Crippen LogP contribution in [0.2, 0.25) is 5.28 Å². The molecule has 0 bridgehead atoms. The van der Waals surface area contributed by atoms with Crippen molar-refractivity contribution in [3.63, 3.8) is 0 Å². The third kappa shape index (κ3) is 1.87. The molecule has 0 aliphatic rings. The van der Waals surface area contributed by atoms with E-state index < -0.39 is 0 Å². The van der Waals surface area contributed by atoms with E-state index in [1.54, 1.807) is 0 Å². The lowest BCUT2D eigenvalue weighted by molar-refractivity contribution is 1.21. The maximum atomic E-state index is 5.82. The first-order valence-electron chi connectivity index (χ1n) is 5.24. The van der Waals surface area contributed by atoms with Crippen LogP contribution in [0.4, 0.5) is 0 Å². The molecule has 0 spiro atoms. The average Bonchev–Trinajstić information content (AvgIpc) is 2.39. The molecule has 1 radical (unpaired) electrons. The number of nitrogens with zero attached hydrogens (tertiary/aromatic N) is 2. The van der Waals surface area contributed by atoms with Gasteiger partial charge in [0, 0.05) is 10.9 Å². The molecule has 3 rings (SSSR count). The molecule has 0 atom stereocenters. The highest BCUT2D eigenvalue weighted by molar-refractivity contribution is 6.28. The zero-order chi connectivity index (χ0) is 11.7. The molecule has 0 N–H and O–H groups in total. The lowest BCUT2D eigenvalue weighted by Crippen LogP contribution is -1.88. The molecule has 3 heteroatoms. The van der Waals surface area contributed by atoms with Gasteiger partial charge in [0.05, 0.1) is 5.52 Å². The molecule has 0 saturated heterocycles. The molecule has 0 amide bonds. The molecule has 0 unspecified atom stereocenters. The summed E-state index contributed by atoms with van der Waals surface area (Å²) in [5, 5.41) is 1.09. The van der Waals surface area contributed by atoms with Crippen molar-refractivity contribution in [2.24, 2.45) is 0 Å². The quantitative estimate of drug-likeness (QED) is 0.605. The number of hydrogen-bond acceptors (Lipinski definition) is 2. The summed E-state index contributed by atoms with van der Waals surface area (Å²) in [6.45, 7) is 0. The molecule has 0 aliphatic carbocycles. The zero-order valence-corrected chi connectivity index (χ0v) is 9.65. The Kier molecular flexibility index (Phi) is 2.50. The second kappa shape index (κ2) is 4.15. The van der Waals surface area contributed by atoms with Gasteiger partial charge in [-0.05, 0) is 17.2 Å². The van der Waals surface area contributed by atoms with Gasteiger partial charge in [0.2, 0.25) is 5.28 Å². The van der Waals surface area contributed by atoms with E-state index in [4.69, 9.17) is 11.6 Å². The van der Waals surface area contributed by atoms with Crippen molar-refractivity contribution in [2.75, 3.05) is 0 Å². The standard InChI is InChI=1S/C14H8ClN2/c15-14-16-9-11-7-4-8-12(13(11)17-14)10-5-2-1-3-6-10/h1-8H. The van der Waals surface area contributed by atoms with Gasteiger partial charge in [-0.25, -0.2) is 9.97 Å². The summed E-state index contributed by atoms with van der Waals surface area (Å²) < 4.78 is 0. The van der Waals surface area contributed by atoms with Gasteiger partial charge in [-0.15, -0.1) is 0 Å². The molecule has 3 aromatic rings. The monoisotopic (exact) mass is 239 g/mol. The smallest absolute Gasteiger partial charge is 0.217 e. The fourth-order valence-corrected chi connectivity index (χ4v) is 1.96. The van der Waals surface area contributed by atoms with Crippen molar-refractivity contribution in [1.29, 1.82) is 0 Å². The van der Waals surface area contributed by atoms with E-state index in [1.807, 2.05) is 48.5 Å². The SMILES string of the molecule is Clc1n[c]c2cccc(-c3ccccc3)c2n1. The van der Waals surface area contributed by atoms with Crippen LogP contribution in [-0.2, 0) is 0 Å². The van der Waals surface area contributed by atoms with Crippen LogP contribution in [-0.4, -0.2) is 9.97 Å². The normalized spacial score (nSPS) is 10.6. The minimum Gasteiger partial charge on any atom is -0.217 e. The Morgan fingerprint density at radius 1 is 0.941 bits per heavy atom. The summed E-state index contributed by atoms with van der Waals surface area (Å²) in [7, 11) is 0. The molecule has 0 aliphatic heterocycles. The number of para-hydroxylation sites is 1. The van der Waals surface area contributed by atoms with Crippen molar-refractivity contribution in [3.8, 4) is 11.1 Å². The maximum absolute atomic E-state index is 5.82. The van der Waals surface area contributed by atoms with Crippen LogP contribution in [0.5, 0.6) is 0 Å². The molecule has 81 valence electrons. The summed E-state index contributed by atoms with van der Waals surface area (Å²) in [5.41, 5.74) is 2.99. The van der Waals surface area contributed by atoms with Crippen LogP contribution in [0.3, 0.4) is 0 Å². The lowest BCUT2D eigenvalue weighted by atomic mass is 10.0. The molecule has 2 aromatic carbocycles. The van der Waals surface area contributed by atoms with Gasteiger partial charge < -0.3 is 0 Å². The van der Waals surface area contributed by atoms with Gasteiger partial charge in [0.25, 0.3) is 0 Å². The van der Waals surface area contributed by atoms with E-state index in [1.165, 1.54) is 0 Å². The lowest BCUT2D eigenvalue weighted by Gasteiger charge is -2.05. The van der Waals surface area contributed by atoms with E-state index in [0.717, 1.165) is 22.0 Å². The van der Waals surface area contributed by atoms with Gasteiger partial charge in [-0.3, -0.25) is 0 Å². The van der Waals surface area contributed by atoms with Gasteiger partial charge in [0.1, 0.15) is 6.20 Å². The van der Waals surface area contributed by atoms with Crippen LogP contribution >= 0.6 is 11.6 Å². The first-order chi connectivity index (χ1) is 8.34. The Labute approximate surface area is 104 Å². The van der Waals surface area contributed by atoms with Crippen molar-refractivity contribution in [1.82, 2.24) is 9.97 Å². The summed E-state index contributed by atoms with van der Waals surface area (Å²) in [6, 6.07) is 16.0. The Morgan fingerprint density at radius 3 is 2.59 bits per heavy atom. The summed E-state index contributed by atoms with van der Waals surface area (Å²) in [5.74, 6) is 0. The van der Waals surface area contributed by atoms with E-state index in [0.29, 0.717) is 0 Å². The highest BCUT2D eigenvalue weighted by atomic mass is 35.5. The van der Waals surface area contributed by atoms with Crippen molar-refractivity contribution in [2.45, 2.75) is 0 Å². The first kappa shape index (κ1) is 10.2. The summed E-state index contributed by atoms with van der Waals surface area (Å²) in [6.07, 6.45) is 2.88. The second-order valence-electron chi connectivity index (χ2n) is 3.67. The van der Waals surface area contributed by atoms with E-state index in [9.17, 15) is 0 Å². The number of benzene rings is 2. The first-order valence-corrected chi connectivity index (χ1v) is 5.62. The fourth-order valence-electron chi connectivity index (χ4n) is 1.83. The third-order valence-electron chi connectivity index (χ3n) is 2.59. The Morgan fingerprint density at radius 2 is 1.76 bits per heavy atom. The van der Waals surface area contributed by atoms with Crippen molar-refractivity contribution < 1.29 is 0 Å². The number of hydrogen-bond donors (Lipinski definition) is 0. The zero-order valence-electron chi connectivity index (χ0n) is 8.89. The Balaban J connectivity index is 2.33. The van der Waals surface area contributed by atoms with Crippen LogP contribution in [0.15, 0.2) is 48.5 Å². The van der Waals surface area contributed by atoms with Crippen LogP contribution in [0.1, 0.15) is 0 Å². The van der Waals surface area contributed by atoms with Crippen molar-refractivity contribution >= 4 is 22.5 Å². The molecular weight excluding hydrogens is 232 g/mol. The number of fused-ring (bicyclic) bond motifs is 1. The van der Waals surface area contributed by atoms with Crippen LogP contribution in [0, 0.1) is 6.20 Å². The van der Waals surface area contributed by atoms with E-state index in [2.05, 4.69) is 16.2 Å². The highest BCUT2D eigenvalue weighted by Gasteiger charge is 2.05. The Bertz CT molecular complexity index is 665. The molecule has 17 heavy (non-hydrogen) atoms. The second-order valence-corrected chi connectivity index (χ2v) is 4.01. The topological polar surface area (TPSA) is 25.8 Å². The fraction of sp³-hybridized carbons (Fsp3) is 0. The highest BCUT2D eigenvalue weighted by Crippen LogP contribution is 2.26. The molecule has 1 heterocycles. The predicted molar refractivity (Wildman–Crippen MR) is 68.8 cm³/mol. The molecule has 2 nitrogen and oxygen atoms in total. The predicted octanol–water partition coefficient (Wildman–Crippen LogP) is 3.75. The minimum atomic E-state index is 0.223. The molecule has 0 saturated carbocycles. The van der Waals surface area contributed by atoms with Crippen molar-refractivity contribution in [3.05, 3.63) is 60.0 Å². The van der Waals surface area contributed by atoms with E-state index in [-0.39, 0.29) is 5.28 Å². The molecule has 0 fully saturated rings. The van der Waals surface area contributed by atoms with E-state index >= 15 is 0 Å². The van der Waals surface area contributed by atoms with Crippen LogP contribution < -0.4 is 0 Å². The molecular formula is C14H8ClN2. The van der Waals surface area contributed by atoms with Gasteiger partial charge >= 0.3 is 0 Å². The maximum Gasteiger partial charge on any atom is 0.223 e. The van der Waals surface area contributed by atoms with Gasteiger partial charge in [-0.1, -0.05) is 48.5 Å². The van der Waals surface area contributed by atoms with Gasteiger partial charge in [-0.2, -0.15) is 0 Å². The third-order valence-corrected chi connectivity index (χ3v) is 2.76. The number of rotatable bonds is 1. The number of halogens is 1. The largest absolute Gasteiger partial charge is 0.223 e.